The molecule has 0 unspecified atom stereocenters. The third-order valence-corrected chi connectivity index (χ3v) is 7.30. The Balaban J connectivity index is 1.35. The van der Waals surface area contributed by atoms with Gasteiger partial charge in [-0.15, -0.1) is 0 Å². The molecule has 39 heavy (non-hydrogen) atoms. The van der Waals surface area contributed by atoms with Crippen molar-refractivity contribution in [3.05, 3.63) is 101 Å². The predicted molar refractivity (Wildman–Crippen MR) is 150 cm³/mol. The summed E-state index contributed by atoms with van der Waals surface area (Å²) in [5.41, 5.74) is 6.83. The molecule has 1 fully saturated rings. The van der Waals surface area contributed by atoms with Gasteiger partial charge in [0.25, 0.3) is 0 Å². The van der Waals surface area contributed by atoms with Gasteiger partial charge in [0.15, 0.2) is 0 Å². The van der Waals surface area contributed by atoms with E-state index >= 15 is 0 Å². The first kappa shape index (κ1) is 26.3. The average Bonchev–Trinajstić information content (AvgIpc) is 2.98. The molecule has 0 aliphatic carbocycles. The van der Waals surface area contributed by atoms with Gasteiger partial charge in [-0.05, 0) is 61.6 Å². The second kappa shape index (κ2) is 12.5. The van der Waals surface area contributed by atoms with Gasteiger partial charge in [-0.25, -0.2) is 4.98 Å². The van der Waals surface area contributed by atoms with Gasteiger partial charge in [-0.2, -0.15) is 10.2 Å². The standard InChI is InChI=1S/C32H33N5O2/c1-23-9-6-7-14-37(23)20-29-19-35-32(36-31(29)38-21-26-15-25(16-33)17-34-18-26)39-22-28-12-8-13-30(24(28)2)27-10-4-3-5-11-27/h3-5,8,10-13,15,17-19,23H,6-7,9,14,20-22H2,1-2H3/t23-/m1/s1. The molecule has 0 spiro atoms. The quantitative estimate of drug-likeness (QED) is 0.258. The zero-order valence-electron chi connectivity index (χ0n) is 22.5. The Labute approximate surface area is 230 Å². The minimum absolute atomic E-state index is 0.250. The van der Waals surface area contributed by atoms with Gasteiger partial charge in [0, 0.05) is 42.3 Å². The van der Waals surface area contributed by atoms with Gasteiger partial charge >= 0.3 is 6.01 Å². The molecule has 7 heteroatoms. The Morgan fingerprint density at radius 1 is 0.974 bits per heavy atom. The highest BCUT2D eigenvalue weighted by Gasteiger charge is 2.21. The molecule has 1 saturated heterocycles. The smallest absolute Gasteiger partial charge is 0.320 e. The number of likely N-dealkylation sites (tertiary alicyclic amines) is 1. The van der Waals surface area contributed by atoms with E-state index in [9.17, 15) is 5.26 Å². The zero-order chi connectivity index (χ0) is 27.0. The maximum Gasteiger partial charge on any atom is 0.320 e. The highest BCUT2D eigenvalue weighted by molar-refractivity contribution is 5.68. The van der Waals surface area contributed by atoms with Crippen LogP contribution in [0.15, 0.2) is 73.2 Å². The number of piperidine rings is 1. The molecule has 5 rings (SSSR count). The van der Waals surface area contributed by atoms with Crippen molar-refractivity contribution in [1.29, 1.82) is 5.26 Å². The van der Waals surface area contributed by atoms with Crippen LogP contribution in [0.25, 0.3) is 11.1 Å². The summed E-state index contributed by atoms with van der Waals surface area (Å²) in [4.78, 5) is 15.8. The summed E-state index contributed by atoms with van der Waals surface area (Å²) in [5.74, 6) is 0.495. The van der Waals surface area contributed by atoms with E-state index in [1.807, 2.05) is 24.4 Å². The molecule has 0 bridgehead atoms. The molecule has 1 aliphatic rings. The van der Waals surface area contributed by atoms with Crippen LogP contribution in [0.4, 0.5) is 0 Å². The summed E-state index contributed by atoms with van der Waals surface area (Å²) in [7, 11) is 0. The molecule has 4 aromatic rings. The molecule has 0 N–H and O–H groups in total. The third kappa shape index (κ3) is 6.60. The predicted octanol–water partition coefficient (Wildman–Crippen LogP) is 6.25. The lowest BCUT2D eigenvalue weighted by atomic mass is 9.97. The van der Waals surface area contributed by atoms with E-state index in [1.165, 1.54) is 42.1 Å². The van der Waals surface area contributed by atoms with Crippen molar-refractivity contribution in [2.45, 2.75) is 58.9 Å². The number of nitriles is 1. The third-order valence-electron chi connectivity index (χ3n) is 7.30. The molecule has 3 heterocycles. The van der Waals surface area contributed by atoms with Gasteiger partial charge in [-0.1, -0.05) is 55.0 Å². The summed E-state index contributed by atoms with van der Waals surface area (Å²) >= 11 is 0. The number of hydrogen-bond acceptors (Lipinski definition) is 7. The summed E-state index contributed by atoms with van der Waals surface area (Å²) in [6, 6.07) is 21.3. The number of aromatic nitrogens is 3. The summed E-state index contributed by atoms with van der Waals surface area (Å²) in [5, 5.41) is 9.22. The first-order valence-electron chi connectivity index (χ1n) is 13.4. The molecule has 2 aromatic carbocycles. The molecular formula is C32H33N5O2. The number of rotatable bonds is 9. The van der Waals surface area contributed by atoms with E-state index in [0.717, 1.165) is 23.2 Å². The highest BCUT2D eigenvalue weighted by Crippen LogP contribution is 2.28. The van der Waals surface area contributed by atoms with Crippen LogP contribution >= 0.6 is 0 Å². The van der Waals surface area contributed by atoms with Crippen molar-refractivity contribution < 1.29 is 9.47 Å². The van der Waals surface area contributed by atoms with Crippen LogP contribution in [-0.2, 0) is 19.8 Å². The minimum Gasteiger partial charge on any atom is -0.472 e. The summed E-state index contributed by atoms with van der Waals surface area (Å²) in [6.45, 7) is 6.74. The van der Waals surface area contributed by atoms with Crippen molar-refractivity contribution in [3.63, 3.8) is 0 Å². The molecule has 0 radical (unpaired) electrons. The van der Waals surface area contributed by atoms with E-state index in [1.54, 1.807) is 12.3 Å². The number of hydrogen-bond donors (Lipinski definition) is 0. The maximum absolute atomic E-state index is 9.22. The van der Waals surface area contributed by atoms with Gasteiger partial charge in [0.2, 0.25) is 5.88 Å². The second-order valence-electron chi connectivity index (χ2n) is 10.0. The molecule has 0 saturated carbocycles. The van der Waals surface area contributed by atoms with Gasteiger partial charge in [-0.3, -0.25) is 9.88 Å². The number of nitrogens with zero attached hydrogens (tertiary/aromatic N) is 5. The van der Waals surface area contributed by atoms with E-state index in [0.29, 0.717) is 30.6 Å². The van der Waals surface area contributed by atoms with E-state index in [4.69, 9.17) is 9.47 Å². The Morgan fingerprint density at radius 2 is 1.85 bits per heavy atom. The normalized spacial score (nSPS) is 15.5. The first-order chi connectivity index (χ1) is 19.1. The Morgan fingerprint density at radius 3 is 2.67 bits per heavy atom. The van der Waals surface area contributed by atoms with Crippen LogP contribution in [-0.4, -0.2) is 32.4 Å². The van der Waals surface area contributed by atoms with Crippen molar-refractivity contribution in [2.75, 3.05) is 6.54 Å². The molecule has 7 nitrogen and oxygen atoms in total. The van der Waals surface area contributed by atoms with Crippen LogP contribution in [0.5, 0.6) is 11.9 Å². The van der Waals surface area contributed by atoms with Crippen molar-refractivity contribution >= 4 is 0 Å². The second-order valence-corrected chi connectivity index (χ2v) is 10.0. The van der Waals surface area contributed by atoms with E-state index in [-0.39, 0.29) is 12.6 Å². The van der Waals surface area contributed by atoms with Crippen molar-refractivity contribution in [1.82, 2.24) is 19.9 Å². The minimum atomic E-state index is 0.250. The van der Waals surface area contributed by atoms with Gasteiger partial charge in [0.1, 0.15) is 19.3 Å². The molecular weight excluding hydrogens is 486 g/mol. The fourth-order valence-electron chi connectivity index (χ4n) is 4.98. The molecule has 198 valence electrons. The lowest BCUT2D eigenvalue weighted by Gasteiger charge is -2.33. The number of pyridine rings is 1. The SMILES string of the molecule is Cc1c(COc2ncc(CN3CCCC[C@H]3C)c(OCc3cncc(C#N)c3)n2)cccc1-c1ccccc1. The topological polar surface area (TPSA) is 84.2 Å². The van der Waals surface area contributed by atoms with Crippen LogP contribution < -0.4 is 9.47 Å². The summed E-state index contributed by atoms with van der Waals surface area (Å²) in [6.07, 6.45) is 8.70. The zero-order valence-corrected chi connectivity index (χ0v) is 22.5. The summed E-state index contributed by atoms with van der Waals surface area (Å²) < 4.78 is 12.3. The van der Waals surface area contributed by atoms with Gasteiger partial charge in [0.05, 0.1) is 5.56 Å². The fourth-order valence-corrected chi connectivity index (χ4v) is 4.98. The van der Waals surface area contributed by atoms with Crippen molar-refractivity contribution in [2.24, 2.45) is 0 Å². The van der Waals surface area contributed by atoms with Crippen LogP contribution in [0, 0.1) is 18.3 Å². The fraction of sp³-hybridized carbons (Fsp3) is 0.312. The largest absolute Gasteiger partial charge is 0.472 e. The Hall–Kier alpha value is -4.28. The van der Waals surface area contributed by atoms with Crippen LogP contribution in [0.3, 0.4) is 0 Å². The Bertz CT molecular complexity index is 1450. The maximum atomic E-state index is 9.22. The van der Waals surface area contributed by atoms with Crippen LogP contribution in [0.2, 0.25) is 0 Å². The lowest BCUT2D eigenvalue weighted by molar-refractivity contribution is 0.149. The van der Waals surface area contributed by atoms with Gasteiger partial charge < -0.3 is 9.47 Å². The lowest BCUT2D eigenvalue weighted by Crippen LogP contribution is -2.36. The molecule has 1 atom stereocenters. The average molecular weight is 520 g/mol. The molecule has 0 amide bonds. The van der Waals surface area contributed by atoms with E-state index in [2.05, 4.69) is 70.1 Å². The van der Waals surface area contributed by atoms with Crippen molar-refractivity contribution in [3.8, 4) is 29.1 Å². The monoisotopic (exact) mass is 519 g/mol. The Kier molecular flexibility index (Phi) is 8.45. The van der Waals surface area contributed by atoms with Crippen LogP contribution in [0.1, 0.15) is 54.0 Å². The molecule has 2 aromatic heterocycles. The number of ether oxygens (including phenoxy) is 2. The highest BCUT2D eigenvalue weighted by atomic mass is 16.5. The first-order valence-corrected chi connectivity index (χ1v) is 13.4. The van der Waals surface area contributed by atoms with E-state index < -0.39 is 0 Å². The number of benzene rings is 2. The molecule has 1 aliphatic heterocycles.